The summed E-state index contributed by atoms with van der Waals surface area (Å²) in [6, 6.07) is 0. The van der Waals surface area contributed by atoms with Gasteiger partial charge in [-0.25, -0.2) is 4.98 Å². The average molecular weight is 245 g/mol. The second-order valence-electron chi connectivity index (χ2n) is 4.34. The van der Waals surface area contributed by atoms with Crippen LogP contribution in [0.4, 0.5) is 5.82 Å². The molecule has 1 aliphatic heterocycles. The number of H-pyrrole nitrogens is 1. The highest BCUT2D eigenvalue weighted by Gasteiger charge is 2.25. The van der Waals surface area contributed by atoms with Crippen molar-refractivity contribution < 1.29 is 4.74 Å². The number of aromatic amines is 1. The van der Waals surface area contributed by atoms with E-state index in [-0.39, 0.29) is 6.10 Å². The number of hydrogen-bond donors (Lipinski definition) is 1. The van der Waals surface area contributed by atoms with E-state index in [1.807, 2.05) is 13.1 Å². The Hall–Kier alpha value is -1.95. The molecule has 0 saturated carbocycles. The fourth-order valence-corrected chi connectivity index (χ4v) is 2.17. The molecule has 1 atom stereocenters. The van der Waals surface area contributed by atoms with Crippen LogP contribution in [0.1, 0.15) is 17.4 Å². The average Bonchev–Trinajstić information content (AvgIpc) is 2.86. The third-order valence-corrected chi connectivity index (χ3v) is 3.13. The van der Waals surface area contributed by atoms with Gasteiger partial charge in [0.1, 0.15) is 11.9 Å². The van der Waals surface area contributed by atoms with Crippen molar-refractivity contribution in [3.63, 3.8) is 0 Å². The summed E-state index contributed by atoms with van der Waals surface area (Å²) in [4.78, 5) is 10.6. The van der Waals surface area contributed by atoms with Crippen LogP contribution in [0.3, 0.4) is 0 Å². The van der Waals surface area contributed by atoms with Crippen LogP contribution in [-0.2, 0) is 4.74 Å². The summed E-state index contributed by atoms with van der Waals surface area (Å²) in [5.41, 5.74) is 2.17. The fraction of sp³-hybridized carbons (Fsp3) is 0.417. The number of nitrogens with one attached hydrogen (secondary N) is 1. The molecule has 0 bridgehead atoms. The van der Waals surface area contributed by atoms with Gasteiger partial charge in [0.2, 0.25) is 0 Å². The Kier molecular flexibility index (Phi) is 2.93. The molecule has 3 rings (SSSR count). The lowest BCUT2D eigenvalue weighted by Gasteiger charge is -2.33. The first-order valence-electron chi connectivity index (χ1n) is 5.97. The third kappa shape index (κ3) is 2.06. The largest absolute Gasteiger partial charge is 0.368 e. The maximum atomic E-state index is 5.79. The highest BCUT2D eigenvalue weighted by atomic mass is 16.5. The van der Waals surface area contributed by atoms with E-state index >= 15 is 0 Å². The summed E-state index contributed by atoms with van der Waals surface area (Å²) >= 11 is 0. The zero-order valence-corrected chi connectivity index (χ0v) is 10.2. The van der Waals surface area contributed by atoms with Crippen molar-refractivity contribution in [3.05, 3.63) is 36.0 Å². The Bertz CT molecular complexity index is 512. The number of aromatic nitrogens is 4. The summed E-state index contributed by atoms with van der Waals surface area (Å²) in [5, 5.41) is 7.05. The number of nitrogens with zero attached hydrogens (tertiary/aromatic N) is 4. The van der Waals surface area contributed by atoms with Crippen molar-refractivity contribution >= 4 is 5.82 Å². The molecule has 18 heavy (non-hydrogen) atoms. The highest BCUT2D eigenvalue weighted by molar-refractivity contribution is 5.36. The van der Waals surface area contributed by atoms with Crippen LogP contribution in [0, 0.1) is 6.92 Å². The molecule has 0 aliphatic carbocycles. The first kappa shape index (κ1) is 11.2. The van der Waals surface area contributed by atoms with Gasteiger partial charge in [-0.1, -0.05) is 0 Å². The number of anilines is 1. The molecule has 94 valence electrons. The van der Waals surface area contributed by atoms with Crippen LogP contribution in [-0.4, -0.2) is 39.9 Å². The summed E-state index contributed by atoms with van der Waals surface area (Å²) in [7, 11) is 0. The Morgan fingerprint density at radius 3 is 3.06 bits per heavy atom. The van der Waals surface area contributed by atoms with E-state index in [2.05, 4.69) is 25.1 Å². The van der Waals surface area contributed by atoms with E-state index in [0.29, 0.717) is 6.61 Å². The van der Waals surface area contributed by atoms with Crippen LogP contribution in [0.15, 0.2) is 24.8 Å². The minimum Gasteiger partial charge on any atom is -0.368 e. The summed E-state index contributed by atoms with van der Waals surface area (Å²) < 4.78 is 5.79. The van der Waals surface area contributed by atoms with Gasteiger partial charge in [-0.2, -0.15) is 5.10 Å². The Balaban J connectivity index is 1.79. The number of ether oxygens (including phenoxy) is 1. The van der Waals surface area contributed by atoms with Crippen molar-refractivity contribution in [2.24, 2.45) is 0 Å². The van der Waals surface area contributed by atoms with E-state index in [0.717, 1.165) is 30.2 Å². The lowest BCUT2D eigenvalue weighted by Crippen LogP contribution is -2.39. The van der Waals surface area contributed by atoms with E-state index < -0.39 is 0 Å². The molecular weight excluding hydrogens is 230 g/mol. The number of rotatable bonds is 2. The molecule has 2 aromatic rings. The Labute approximate surface area is 105 Å². The first-order chi connectivity index (χ1) is 8.84. The Morgan fingerprint density at radius 1 is 1.39 bits per heavy atom. The molecule has 0 aromatic carbocycles. The standard InChI is InChI=1S/C12H15N5O/c1-9-6-15-16-12(9)10-8-17(4-5-18-10)11-7-13-2-3-14-11/h2-3,6-7,10H,4-5,8H2,1H3,(H,15,16)/t10-/m0/s1. The summed E-state index contributed by atoms with van der Waals surface area (Å²) in [6.07, 6.45) is 7.01. The van der Waals surface area contributed by atoms with Crippen molar-refractivity contribution in [2.75, 3.05) is 24.6 Å². The van der Waals surface area contributed by atoms with Crippen molar-refractivity contribution in [3.8, 4) is 0 Å². The molecule has 0 radical (unpaired) electrons. The quantitative estimate of drug-likeness (QED) is 0.857. The second kappa shape index (κ2) is 4.73. The molecule has 6 nitrogen and oxygen atoms in total. The molecule has 0 unspecified atom stereocenters. The smallest absolute Gasteiger partial charge is 0.147 e. The minimum absolute atomic E-state index is 0.0169. The van der Waals surface area contributed by atoms with Crippen LogP contribution >= 0.6 is 0 Å². The van der Waals surface area contributed by atoms with E-state index in [4.69, 9.17) is 4.74 Å². The number of morpholine rings is 1. The van der Waals surface area contributed by atoms with Gasteiger partial charge >= 0.3 is 0 Å². The van der Waals surface area contributed by atoms with Gasteiger partial charge in [0.25, 0.3) is 0 Å². The zero-order chi connectivity index (χ0) is 12.4. The molecule has 3 heterocycles. The van der Waals surface area contributed by atoms with Crippen molar-refractivity contribution in [1.82, 2.24) is 20.2 Å². The third-order valence-electron chi connectivity index (χ3n) is 3.13. The molecule has 1 aliphatic rings. The summed E-state index contributed by atoms with van der Waals surface area (Å²) in [6.45, 7) is 4.31. The normalized spacial score (nSPS) is 20.1. The lowest BCUT2D eigenvalue weighted by molar-refractivity contribution is 0.0363. The van der Waals surface area contributed by atoms with Gasteiger partial charge in [-0.15, -0.1) is 0 Å². The van der Waals surface area contributed by atoms with Crippen LogP contribution < -0.4 is 4.90 Å². The van der Waals surface area contributed by atoms with Crippen molar-refractivity contribution in [2.45, 2.75) is 13.0 Å². The van der Waals surface area contributed by atoms with Crippen LogP contribution in [0.5, 0.6) is 0 Å². The highest BCUT2D eigenvalue weighted by Crippen LogP contribution is 2.24. The first-order valence-corrected chi connectivity index (χ1v) is 5.97. The topological polar surface area (TPSA) is 66.9 Å². The molecular formula is C12H15N5O. The fourth-order valence-electron chi connectivity index (χ4n) is 2.17. The minimum atomic E-state index is 0.0169. The molecule has 1 fully saturated rings. The molecule has 2 aromatic heterocycles. The monoisotopic (exact) mass is 245 g/mol. The van der Waals surface area contributed by atoms with Crippen LogP contribution in [0.25, 0.3) is 0 Å². The van der Waals surface area contributed by atoms with Gasteiger partial charge in [0.15, 0.2) is 0 Å². The van der Waals surface area contributed by atoms with Crippen LogP contribution in [0.2, 0.25) is 0 Å². The molecule has 6 heteroatoms. The Morgan fingerprint density at radius 2 is 2.33 bits per heavy atom. The maximum Gasteiger partial charge on any atom is 0.147 e. The molecule has 1 N–H and O–H groups in total. The number of hydrogen-bond acceptors (Lipinski definition) is 5. The van der Waals surface area contributed by atoms with Gasteiger partial charge in [0.05, 0.1) is 31.2 Å². The van der Waals surface area contributed by atoms with E-state index in [1.165, 1.54) is 0 Å². The predicted molar refractivity (Wildman–Crippen MR) is 66.3 cm³/mol. The number of aryl methyl sites for hydroxylation is 1. The van der Waals surface area contributed by atoms with Gasteiger partial charge in [-0.05, 0) is 12.5 Å². The van der Waals surface area contributed by atoms with Gasteiger partial charge in [-0.3, -0.25) is 10.1 Å². The SMILES string of the molecule is Cc1cn[nH]c1[C@@H]1CN(c2cnccn2)CCO1. The van der Waals surface area contributed by atoms with E-state index in [1.54, 1.807) is 18.6 Å². The molecule has 1 saturated heterocycles. The zero-order valence-electron chi connectivity index (χ0n) is 10.2. The second-order valence-corrected chi connectivity index (χ2v) is 4.34. The molecule has 0 spiro atoms. The molecule has 0 amide bonds. The predicted octanol–water partition coefficient (Wildman–Crippen LogP) is 1.09. The van der Waals surface area contributed by atoms with Crippen molar-refractivity contribution in [1.29, 1.82) is 0 Å². The van der Waals surface area contributed by atoms with Gasteiger partial charge < -0.3 is 9.64 Å². The lowest BCUT2D eigenvalue weighted by atomic mass is 10.1. The maximum absolute atomic E-state index is 5.79. The van der Waals surface area contributed by atoms with E-state index in [9.17, 15) is 0 Å². The van der Waals surface area contributed by atoms with Gasteiger partial charge in [0, 0.05) is 18.9 Å². The summed E-state index contributed by atoms with van der Waals surface area (Å²) in [5.74, 6) is 0.892.